The van der Waals surface area contributed by atoms with Crippen LogP contribution in [0.15, 0.2) is 18.2 Å². The van der Waals surface area contributed by atoms with Crippen molar-refractivity contribution >= 4 is 11.6 Å². The Morgan fingerprint density at radius 2 is 2.05 bits per heavy atom. The second-order valence-corrected chi connectivity index (χ2v) is 6.57. The Balaban J connectivity index is 2.25. The molecule has 19 heavy (non-hydrogen) atoms. The molecule has 106 valence electrons. The molecule has 0 saturated heterocycles. The van der Waals surface area contributed by atoms with Gasteiger partial charge in [-0.15, -0.1) is 0 Å². The number of benzene rings is 1. The van der Waals surface area contributed by atoms with Crippen molar-refractivity contribution in [1.82, 2.24) is 0 Å². The second-order valence-electron chi connectivity index (χ2n) is 6.16. The molecule has 2 rings (SSSR count). The zero-order valence-corrected chi connectivity index (χ0v) is 12.6. The Hall–Kier alpha value is -0.570. The van der Waals surface area contributed by atoms with Crippen LogP contribution >= 0.6 is 11.6 Å². The summed E-state index contributed by atoms with van der Waals surface area (Å²) in [5, 5.41) is 11.5. The van der Waals surface area contributed by atoms with Crippen LogP contribution in [0.2, 0.25) is 5.02 Å². The van der Waals surface area contributed by atoms with Gasteiger partial charge in [-0.2, -0.15) is 0 Å². The standard InChI is InChI=1S/C16H24ClNO/c1-11-5-7-16(10-18,8-6-11)15(19)13-4-3-12(2)14(17)9-13/h3-4,9,11,15,19H,5-8,10,18H2,1-2H3. The molecule has 2 nitrogen and oxygen atoms in total. The third-order valence-corrected chi connectivity index (χ3v) is 5.18. The lowest BCUT2D eigenvalue weighted by molar-refractivity contribution is -0.00818. The minimum atomic E-state index is -0.511. The average Bonchev–Trinajstić information content (AvgIpc) is 2.42. The summed E-state index contributed by atoms with van der Waals surface area (Å²) in [7, 11) is 0. The van der Waals surface area contributed by atoms with E-state index in [-0.39, 0.29) is 5.41 Å². The van der Waals surface area contributed by atoms with E-state index in [1.807, 2.05) is 25.1 Å². The van der Waals surface area contributed by atoms with Gasteiger partial charge in [0.15, 0.2) is 0 Å². The van der Waals surface area contributed by atoms with Crippen LogP contribution in [0.3, 0.4) is 0 Å². The van der Waals surface area contributed by atoms with Crippen molar-refractivity contribution in [2.45, 2.75) is 45.6 Å². The van der Waals surface area contributed by atoms with E-state index >= 15 is 0 Å². The Bertz CT molecular complexity index is 438. The summed E-state index contributed by atoms with van der Waals surface area (Å²) in [5.74, 6) is 0.744. The Morgan fingerprint density at radius 1 is 1.42 bits per heavy atom. The number of halogens is 1. The minimum Gasteiger partial charge on any atom is -0.388 e. The number of rotatable bonds is 3. The summed E-state index contributed by atoms with van der Waals surface area (Å²) in [6, 6.07) is 5.83. The topological polar surface area (TPSA) is 46.2 Å². The van der Waals surface area contributed by atoms with Crippen molar-refractivity contribution in [3.63, 3.8) is 0 Å². The molecule has 1 aliphatic carbocycles. The van der Waals surface area contributed by atoms with Crippen LogP contribution in [0.25, 0.3) is 0 Å². The Morgan fingerprint density at radius 3 is 2.58 bits per heavy atom. The fourth-order valence-corrected chi connectivity index (χ4v) is 3.25. The molecule has 3 heteroatoms. The van der Waals surface area contributed by atoms with Gasteiger partial charge in [-0.05, 0) is 42.9 Å². The predicted octanol–water partition coefficient (Wildman–Crippen LogP) is 3.84. The molecule has 0 heterocycles. The molecule has 0 aromatic heterocycles. The molecule has 0 spiro atoms. The van der Waals surface area contributed by atoms with Gasteiger partial charge >= 0.3 is 0 Å². The highest BCUT2D eigenvalue weighted by Gasteiger charge is 2.40. The SMILES string of the molecule is Cc1ccc(C(O)C2(CN)CCC(C)CC2)cc1Cl. The van der Waals surface area contributed by atoms with Crippen LogP contribution in [-0.4, -0.2) is 11.7 Å². The molecule has 1 atom stereocenters. The van der Waals surface area contributed by atoms with E-state index in [1.165, 1.54) is 0 Å². The van der Waals surface area contributed by atoms with Crippen molar-refractivity contribution in [2.24, 2.45) is 17.1 Å². The van der Waals surface area contributed by atoms with Crippen molar-refractivity contribution < 1.29 is 5.11 Å². The van der Waals surface area contributed by atoms with Crippen LogP contribution in [0, 0.1) is 18.3 Å². The largest absolute Gasteiger partial charge is 0.388 e. The Kier molecular flexibility index (Phi) is 4.54. The molecular formula is C16H24ClNO. The van der Waals surface area contributed by atoms with Gasteiger partial charge in [-0.25, -0.2) is 0 Å². The smallest absolute Gasteiger partial charge is 0.0858 e. The third-order valence-electron chi connectivity index (χ3n) is 4.77. The fourth-order valence-electron chi connectivity index (χ4n) is 3.06. The van der Waals surface area contributed by atoms with Gasteiger partial charge in [0.25, 0.3) is 0 Å². The van der Waals surface area contributed by atoms with E-state index in [0.717, 1.165) is 42.7 Å². The van der Waals surface area contributed by atoms with Gasteiger partial charge in [0.2, 0.25) is 0 Å². The predicted molar refractivity (Wildman–Crippen MR) is 80.3 cm³/mol. The second kappa shape index (κ2) is 5.82. The zero-order chi connectivity index (χ0) is 14.0. The third kappa shape index (κ3) is 2.96. The van der Waals surface area contributed by atoms with Crippen LogP contribution in [0.5, 0.6) is 0 Å². The number of aliphatic hydroxyl groups is 1. The normalized spacial score (nSPS) is 29.2. The van der Waals surface area contributed by atoms with Crippen molar-refractivity contribution in [1.29, 1.82) is 0 Å². The van der Waals surface area contributed by atoms with Crippen LogP contribution < -0.4 is 5.73 Å². The first-order chi connectivity index (χ1) is 8.98. The maximum Gasteiger partial charge on any atom is 0.0858 e. The average molecular weight is 282 g/mol. The highest BCUT2D eigenvalue weighted by molar-refractivity contribution is 6.31. The lowest BCUT2D eigenvalue weighted by Gasteiger charge is -2.42. The summed E-state index contributed by atoms with van der Waals surface area (Å²) in [6.45, 7) is 4.78. The number of hydrogen-bond donors (Lipinski definition) is 2. The van der Waals surface area contributed by atoms with Crippen molar-refractivity contribution in [2.75, 3.05) is 6.54 Å². The highest BCUT2D eigenvalue weighted by atomic mass is 35.5. The molecule has 1 aliphatic rings. The van der Waals surface area contributed by atoms with E-state index < -0.39 is 6.10 Å². The number of aliphatic hydroxyl groups excluding tert-OH is 1. The first kappa shape index (κ1) is 14.8. The molecule has 0 amide bonds. The Labute approximate surface area is 121 Å². The summed E-state index contributed by atoms with van der Waals surface area (Å²) in [4.78, 5) is 0. The van der Waals surface area contributed by atoms with Gasteiger partial charge < -0.3 is 10.8 Å². The van der Waals surface area contributed by atoms with Crippen LogP contribution in [-0.2, 0) is 0 Å². The van der Waals surface area contributed by atoms with Gasteiger partial charge in [0.1, 0.15) is 0 Å². The van der Waals surface area contributed by atoms with Crippen molar-refractivity contribution in [3.8, 4) is 0 Å². The molecule has 0 bridgehead atoms. The molecule has 1 aromatic rings. The molecule has 1 unspecified atom stereocenters. The van der Waals surface area contributed by atoms with E-state index in [0.29, 0.717) is 11.6 Å². The quantitative estimate of drug-likeness (QED) is 0.884. The first-order valence-electron chi connectivity index (χ1n) is 7.13. The first-order valence-corrected chi connectivity index (χ1v) is 7.50. The maximum atomic E-state index is 10.8. The molecule has 1 fully saturated rings. The lowest BCUT2D eigenvalue weighted by Crippen LogP contribution is -2.40. The molecule has 1 saturated carbocycles. The van der Waals surface area contributed by atoms with Gasteiger partial charge in [0.05, 0.1) is 6.10 Å². The van der Waals surface area contributed by atoms with Gasteiger partial charge in [0, 0.05) is 17.0 Å². The zero-order valence-electron chi connectivity index (χ0n) is 11.8. The molecule has 0 aliphatic heterocycles. The van der Waals surface area contributed by atoms with E-state index in [9.17, 15) is 5.11 Å². The van der Waals surface area contributed by atoms with Crippen LogP contribution in [0.4, 0.5) is 0 Å². The van der Waals surface area contributed by atoms with Crippen molar-refractivity contribution in [3.05, 3.63) is 34.3 Å². The van der Waals surface area contributed by atoms with E-state index in [2.05, 4.69) is 6.92 Å². The molecule has 0 radical (unpaired) electrons. The molecule has 3 N–H and O–H groups in total. The summed E-state index contributed by atoms with van der Waals surface area (Å²) in [5.41, 5.74) is 7.76. The fraction of sp³-hybridized carbons (Fsp3) is 0.625. The van der Waals surface area contributed by atoms with Gasteiger partial charge in [-0.3, -0.25) is 0 Å². The van der Waals surface area contributed by atoms with E-state index in [1.54, 1.807) is 0 Å². The van der Waals surface area contributed by atoms with Gasteiger partial charge in [-0.1, -0.05) is 43.5 Å². The summed E-state index contributed by atoms with van der Waals surface area (Å²) >= 11 is 6.17. The molecular weight excluding hydrogens is 258 g/mol. The number of aryl methyl sites for hydroxylation is 1. The lowest BCUT2D eigenvalue weighted by atomic mass is 9.66. The summed E-state index contributed by atoms with van der Waals surface area (Å²) in [6.07, 6.45) is 3.78. The maximum absolute atomic E-state index is 10.8. The minimum absolute atomic E-state index is 0.175. The number of nitrogens with two attached hydrogens (primary N) is 1. The monoisotopic (exact) mass is 281 g/mol. The summed E-state index contributed by atoms with van der Waals surface area (Å²) < 4.78 is 0. The molecule has 1 aromatic carbocycles. The van der Waals surface area contributed by atoms with Crippen LogP contribution in [0.1, 0.15) is 49.8 Å². The van der Waals surface area contributed by atoms with E-state index in [4.69, 9.17) is 17.3 Å². The highest BCUT2D eigenvalue weighted by Crippen LogP contribution is 2.47. The number of hydrogen-bond acceptors (Lipinski definition) is 2.